The Morgan fingerprint density at radius 1 is 1.05 bits per heavy atom. The van der Waals surface area contributed by atoms with Crippen LogP contribution in [0.2, 0.25) is 5.02 Å². The maximum atomic E-state index is 6.12. The molecule has 0 aromatic heterocycles. The molecule has 0 aliphatic rings. The second-order valence-corrected chi connectivity index (χ2v) is 4.27. The molecule has 0 amide bonds. The van der Waals surface area contributed by atoms with E-state index in [-0.39, 0.29) is 0 Å². The van der Waals surface area contributed by atoms with Crippen molar-refractivity contribution in [1.82, 2.24) is 0 Å². The number of terminal acetylenes is 1. The molecule has 0 radical (unpaired) electrons. The van der Waals surface area contributed by atoms with E-state index < -0.39 is 6.10 Å². The van der Waals surface area contributed by atoms with E-state index in [1.807, 2.05) is 30.3 Å². The highest BCUT2D eigenvalue weighted by molar-refractivity contribution is 6.31. The van der Waals surface area contributed by atoms with Gasteiger partial charge in [-0.15, -0.1) is 6.42 Å². The molecule has 0 fully saturated rings. The van der Waals surface area contributed by atoms with Crippen LogP contribution in [0, 0.1) is 12.3 Å². The number of hydrogen-bond acceptors (Lipinski definition) is 2. The van der Waals surface area contributed by atoms with Gasteiger partial charge in [-0.05, 0) is 30.3 Å². The van der Waals surface area contributed by atoms with Gasteiger partial charge in [0.05, 0.1) is 7.11 Å². The normalized spacial score (nSPS) is 11.4. The van der Waals surface area contributed by atoms with Crippen LogP contribution in [0.4, 0.5) is 0 Å². The fourth-order valence-corrected chi connectivity index (χ4v) is 1.90. The molecule has 1 atom stereocenters. The van der Waals surface area contributed by atoms with Gasteiger partial charge in [0.25, 0.3) is 0 Å². The van der Waals surface area contributed by atoms with Crippen LogP contribution in [0.5, 0.6) is 11.5 Å². The van der Waals surface area contributed by atoms with Crippen LogP contribution in [0.1, 0.15) is 11.7 Å². The van der Waals surface area contributed by atoms with Crippen molar-refractivity contribution in [3.8, 4) is 23.8 Å². The zero-order valence-electron chi connectivity index (χ0n) is 10.5. The Kier molecular flexibility index (Phi) is 4.33. The van der Waals surface area contributed by atoms with Gasteiger partial charge in [0, 0.05) is 10.6 Å². The van der Waals surface area contributed by atoms with Crippen molar-refractivity contribution in [2.45, 2.75) is 6.10 Å². The molecule has 0 unspecified atom stereocenters. The van der Waals surface area contributed by atoms with E-state index >= 15 is 0 Å². The lowest BCUT2D eigenvalue weighted by Crippen LogP contribution is -2.05. The van der Waals surface area contributed by atoms with Crippen LogP contribution in [0.3, 0.4) is 0 Å². The van der Waals surface area contributed by atoms with Crippen LogP contribution < -0.4 is 9.47 Å². The second kappa shape index (κ2) is 6.17. The van der Waals surface area contributed by atoms with Crippen molar-refractivity contribution in [2.24, 2.45) is 0 Å². The SMILES string of the molecule is C#C[C@@H](Oc1ccc(OC)cc1)c1ccccc1Cl. The first kappa shape index (κ1) is 13.3. The molecule has 0 saturated heterocycles. The van der Waals surface area contributed by atoms with Gasteiger partial charge in [-0.3, -0.25) is 0 Å². The number of benzene rings is 2. The molecular formula is C16H13ClO2. The number of methoxy groups -OCH3 is 1. The highest BCUT2D eigenvalue weighted by Gasteiger charge is 2.13. The third-order valence-corrected chi connectivity index (χ3v) is 3.00. The molecular weight excluding hydrogens is 260 g/mol. The van der Waals surface area contributed by atoms with Gasteiger partial charge in [0.15, 0.2) is 6.10 Å². The van der Waals surface area contributed by atoms with E-state index in [1.165, 1.54) is 0 Å². The summed E-state index contributed by atoms with van der Waals surface area (Å²) in [6.07, 6.45) is 5.01. The molecule has 2 aromatic carbocycles. The summed E-state index contributed by atoms with van der Waals surface area (Å²) in [7, 11) is 1.61. The van der Waals surface area contributed by atoms with Gasteiger partial charge in [-0.25, -0.2) is 0 Å². The molecule has 0 saturated carbocycles. The van der Waals surface area contributed by atoms with Crippen molar-refractivity contribution in [3.05, 3.63) is 59.1 Å². The molecule has 2 nitrogen and oxygen atoms in total. The summed E-state index contributed by atoms with van der Waals surface area (Å²) in [4.78, 5) is 0. The Morgan fingerprint density at radius 3 is 2.26 bits per heavy atom. The van der Waals surface area contributed by atoms with Crippen molar-refractivity contribution < 1.29 is 9.47 Å². The first-order valence-corrected chi connectivity index (χ1v) is 6.13. The molecule has 0 N–H and O–H groups in total. The second-order valence-electron chi connectivity index (χ2n) is 3.86. The maximum Gasteiger partial charge on any atom is 0.185 e. The van der Waals surface area contributed by atoms with E-state index in [0.29, 0.717) is 10.8 Å². The van der Waals surface area contributed by atoms with E-state index in [9.17, 15) is 0 Å². The Labute approximate surface area is 117 Å². The van der Waals surface area contributed by atoms with E-state index in [1.54, 1.807) is 25.3 Å². The maximum absolute atomic E-state index is 6.12. The summed E-state index contributed by atoms with van der Waals surface area (Å²) < 4.78 is 10.8. The van der Waals surface area contributed by atoms with E-state index in [4.69, 9.17) is 27.5 Å². The fourth-order valence-electron chi connectivity index (χ4n) is 1.67. The summed E-state index contributed by atoms with van der Waals surface area (Å²) >= 11 is 6.12. The van der Waals surface area contributed by atoms with Crippen molar-refractivity contribution in [2.75, 3.05) is 7.11 Å². The van der Waals surface area contributed by atoms with E-state index in [2.05, 4.69) is 5.92 Å². The van der Waals surface area contributed by atoms with Crippen LogP contribution in [0.15, 0.2) is 48.5 Å². The summed E-state index contributed by atoms with van der Waals surface area (Å²) in [6, 6.07) is 14.6. The Morgan fingerprint density at radius 2 is 1.68 bits per heavy atom. The Bertz CT molecular complexity index is 584. The minimum atomic E-state index is -0.512. The summed E-state index contributed by atoms with van der Waals surface area (Å²) in [5.41, 5.74) is 0.780. The zero-order chi connectivity index (χ0) is 13.7. The molecule has 19 heavy (non-hydrogen) atoms. The standard InChI is InChI=1S/C16H13ClO2/c1-3-16(14-6-4-5-7-15(14)17)19-13-10-8-12(18-2)9-11-13/h1,4-11,16H,2H3/t16-/m1/s1. The number of hydrogen-bond donors (Lipinski definition) is 0. The van der Waals surface area contributed by atoms with Gasteiger partial charge >= 0.3 is 0 Å². The van der Waals surface area contributed by atoms with Crippen molar-refractivity contribution >= 4 is 11.6 Å². The number of ether oxygens (including phenoxy) is 2. The molecule has 3 heteroatoms. The Hall–Kier alpha value is -2.11. The van der Waals surface area contributed by atoms with Crippen LogP contribution in [-0.2, 0) is 0 Å². The summed E-state index contributed by atoms with van der Waals surface area (Å²) in [5.74, 6) is 4.03. The van der Waals surface area contributed by atoms with Gasteiger partial charge < -0.3 is 9.47 Å². The summed E-state index contributed by atoms with van der Waals surface area (Å²) in [5, 5.41) is 0.596. The topological polar surface area (TPSA) is 18.5 Å². The highest BCUT2D eigenvalue weighted by Crippen LogP contribution is 2.27. The zero-order valence-corrected chi connectivity index (χ0v) is 11.2. The monoisotopic (exact) mass is 272 g/mol. The smallest absolute Gasteiger partial charge is 0.185 e. The third-order valence-electron chi connectivity index (χ3n) is 2.65. The van der Waals surface area contributed by atoms with E-state index in [0.717, 1.165) is 11.3 Å². The third kappa shape index (κ3) is 3.21. The lowest BCUT2D eigenvalue weighted by Gasteiger charge is -2.15. The first-order valence-electron chi connectivity index (χ1n) is 5.76. The average Bonchev–Trinajstić information content (AvgIpc) is 2.46. The van der Waals surface area contributed by atoms with Gasteiger partial charge in [-0.1, -0.05) is 35.7 Å². The quantitative estimate of drug-likeness (QED) is 0.780. The molecule has 2 aromatic rings. The Balaban J connectivity index is 2.20. The van der Waals surface area contributed by atoms with Crippen LogP contribution >= 0.6 is 11.6 Å². The molecule has 0 bridgehead atoms. The predicted octanol–water partition coefficient (Wildman–Crippen LogP) is 4.10. The molecule has 96 valence electrons. The van der Waals surface area contributed by atoms with Crippen molar-refractivity contribution in [3.63, 3.8) is 0 Å². The minimum absolute atomic E-state index is 0.512. The molecule has 0 spiro atoms. The molecule has 0 aliphatic heterocycles. The highest BCUT2D eigenvalue weighted by atomic mass is 35.5. The largest absolute Gasteiger partial charge is 0.497 e. The van der Waals surface area contributed by atoms with Gasteiger partial charge in [-0.2, -0.15) is 0 Å². The number of halogens is 1. The van der Waals surface area contributed by atoms with Gasteiger partial charge in [0.2, 0.25) is 0 Å². The fraction of sp³-hybridized carbons (Fsp3) is 0.125. The average molecular weight is 273 g/mol. The lowest BCUT2D eigenvalue weighted by atomic mass is 10.1. The van der Waals surface area contributed by atoms with Crippen molar-refractivity contribution in [1.29, 1.82) is 0 Å². The summed E-state index contributed by atoms with van der Waals surface area (Å²) in [6.45, 7) is 0. The molecule has 0 heterocycles. The minimum Gasteiger partial charge on any atom is -0.497 e. The molecule has 2 rings (SSSR count). The lowest BCUT2D eigenvalue weighted by molar-refractivity contribution is 0.264. The van der Waals surface area contributed by atoms with Gasteiger partial charge in [0.1, 0.15) is 11.5 Å². The predicted molar refractivity (Wildman–Crippen MR) is 76.6 cm³/mol. The first-order chi connectivity index (χ1) is 9.24. The van der Waals surface area contributed by atoms with Crippen LogP contribution in [0.25, 0.3) is 0 Å². The number of rotatable bonds is 4. The molecule has 0 aliphatic carbocycles. The van der Waals surface area contributed by atoms with Crippen LogP contribution in [-0.4, -0.2) is 7.11 Å².